The molecule has 1 heterocycles. The minimum absolute atomic E-state index is 0.163. The molecule has 0 bridgehead atoms. The van der Waals surface area contributed by atoms with Crippen molar-refractivity contribution in [3.05, 3.63) is 47.3 Å². The third kappa shape index (κ3) is 4.68. The molecule has 1 aromatic heterocycles. The van der Waals surface area contributed by atoms with Crippen molar-refractivity contribution < 1.29 is 9.59 Å². The molecule has 25 heavy (non-hydrogen) atoms. The number of hydrogen-bond acceptors (Lipinski definition) is 3. The number of carbonyl (C=O) groups excluding carboxylic acids is 2. The Morgan fingerprint density at radius 3 is 2.52 bits per heavy atom. The fourth-order valence-electron chi connectivity index (χ4n) is 2.67. The van der Waals surface area contributed by atoms with E-state index in [0.29, 0.717) is 6.54 Å². The minimum Gasteiger partial charge on any atom is -0.354 e. The lowest BCUT2D eigenvalue weighted by Crippen LogP contribution is -2.45. The van der Waals surface area contributed by atoms with Crippen LogP contribution in [-0.2, 0) is 16.0 Å². The molecular formula is C19H26N4O2. The predicted molar refractivity (Wildman–Crippen MR) is 97.6 cm³/mol. The van der Waals surface area contributed by atoms with Crippen LogP contribution in [0.1, 0.15) is 37.2 Å². The molecule has 0 fully saturated rings. The summed E-state index contributed by atoms with van der Waals surface area (Å²) in [5.74, 6) is -0.346. The van der Waals surface area contributed by atoms with Crippen LogP contribution in [0.25, 0.3) is 5.69 Å². The first-order valence-corrected chi connectivity index (χ1v) is 8.61. The molecule has 2 amide bonds. The number of aryl methyl sites for hydroxylation is 1. The highest BCUT2D eigenvalue weighted by Gasteiger charge is 2.19. The monoisotopic (exact) mass is 342 g/mol. The van der Waals surface area contributed by atoms with Crippen LogP contribution in [0.4, 0.5) is 0 Å². The van der Waals surface area contributed by atoms with Crippen molar-refractivity contribution in [1.29, 1.82) is 0 Å². The van der Waals surface area contributed by atoms with E-state index >= 15 is 0 Å². The van der Waals surface area contributed by atoms with Gasteiger partial charge in [-0.25, -0.2) is 4.68 Å². The Labute approximate surface area is 148 Å². The molecule has 6 nitrogen and oxygen atoms in total. The summed E-state index contributed by atoms with van der Waals surface area (Å²) in [6, 6.07) is 9.26. The van der Waals surface area contributed by atoms with E-state index in [1.807, 2.05) is 55.8 Å². The van der Waals surface area contributed by atoms with Crippen LogP contribution in [0.5, 0.6) is 0 Å². The summed E-state index contributed by atoms with van der Waals surface area (Å²) in [5.41, 5.74) is 3.60. The summed E-state index contributed by atoms with van der Waals surface area (Å²) in [4.78, 5) is 24.2. The molecule has 134 valence electrons. The van der Waals surface area contributed by atoms with E-state index in [9.17, 15) is 9.59 Å². The number of para-hydroxylation sites is 1. The van der Waals surface area contributed by atoms with Gasteiger partial charge < -0.3 is 10.6 Å². The number of nitrogens with zero attached hydrogens (tertiary/aromatic N) is 2. The maximum absolute atomic E-state index is 12.3. The van der Waals surface area contributed by atoms with Crippen LogP contribution in [0, 0.1) is 13.8 Å². The molecule has 0 aliphatic rings. The van der Waals surface area contributed by atoms with E-state index in [4.69, 9.17) is 0 Å². The van der Waals surface area contributed by atoms with Gasteiger partial charge in [-0.3, -0.25) is 9.59 Å². The quantitative estimate of drug-likeness (QED) is 0.809. The smallest absolute Gasteiger partial charge is 0.242 e. The van der Waals surface area contributed by atoms with E-state index in [0.717, 1.165) is 29.1 Å². The number of hydrogen-bond donors (Lipinski definition) is 2. The first-order valence-electron chi connectivity index (χ1n) is 8.61. The average Bonchev–Trinajstić information content (AvgIpc) is 2.88. The molecule has 2 N–H and O–H groups in total. The number of rotatable bonds is 7. The van der Waals surface area contributed by atoms with Gasteiger partial charge in [-0.1, -0.05) is 25.1 Å². The Morgan fingerprint density at radius 2 is 1.88 bits per heavy atom. The van der Waals surface area contributed by atoms with E-state index in [1.54, 1.807) is 6.92 Å². The zero-order chi connectivity index (χ0) is 18.4. The molecule has 0 aliphatic heterocycles. The molecule has 6 heteroatoms. The van der Waals surface area contributed by atoms with Crippen LogP contribution in [0.15, 0.2) is 30.3 Å². The van der Waals surface area contributed by atoms with Gasteiger partial charge in [0, 0.05) is 17.8 Å². The molecule has 2 rings (SSSR count). The lowest BCUT2D eigenvalue weighted by Gasteiger charge is -2.14. The van der Waals surface area contributed by atoms with E-state index in [1.165, 1.54) is 0 Å². The second-order valence-electron chi connectivity index (χ2n) is 6.15. The molecule has 0 spiro atoms. The zero-order valence-corrected chi connectivity index (χ0v) is 15.3. The van der Waals surface area contributed by atoms with Gasteiger partial charge in [-0.2, -0.15) is 5.10 Å². The lowest BCUT2D eigenvalue weighted by molar-refractivity contribution is -0.128. The summed E-state index contributed by atoms with van der Waals surface area (Å²) in [5, 5.41) is 10.1. The highest BCUT2D eigenvalue weighted by Crippen LogP contribution is 2.18. The number of nitrogens with one attached hydrogen (secondary N) is 2. The van der Waals surface area contributed by atoms with Gasteiger partial charge in [0.05, 0.1) is 17.8 Å². The first-order chi connectivity index (χ1) is 11.9. The molecule has 1 aromatic carbocycles. The lowest BCUT2D eigenvalue weighted by atomic mass is 10.1. The third-order valence-electron chi connectivity index (χ3n) is 4.10. The van der Waals surface area contributed by atoms with Crippen molar-refractivity contribution in [3.8, 4) is 5.69 Å². The fourth-order valence-corrected chi connectivity index (χ4v) is 2.67. The molecule has 0 saturated heterocycles. The van der Waals surface area contributed by atoms with Crippen molar-refractivity contribution in [1.82, 2.24) is 20.4 Å². The molecule has 0 saturated carbocycles. The largest absolute Gasteiger partial charge is 0.354 e. The van der Waals surface area contributed by atoms with Crippen LogP contribution in [0.3, 0.4) is 0 Å². The summed E-state index contributed by atoms with van der Waals surface area (Å²) < 4.78 is 1.84. The Hall–Kier alpha value is -2.63. The molecule has 0 radical (unpaired) electrons. The van der Waals surface area contributed by atoms with Crippen molar-refractivity contribution in [2.75, 3.05) is 6.54 Å². The average molecular weight is 342 g/mol. The van der Waals surface area contributed by atoms with Crippen molar-refractivity contribution in [2.24, 2.45) is 0 Å². The third-order valence-corrected chi connectivity index (χ3v) is 4.10. The predicted octanol–water partition coefficient (Wildman–Crippen LogP) is 2.06. The second kappa shape index (κ2) is 8.46. The number of aromatic nitrogens is 2. The second-order valence-corrected chi connectivity index (χ2v) is 6.15. The van der Waals surface area contributed by atoms with Crippen molar-refractivity contribution in [2.45, 2.75) is 46.6 Å². The van der Waals surface area contributed by atoms with Gasteiger partial charge in [0.15, 0.2) is 0 Å². The maximum atomic E-state index is 12.3. The van der Waals surface area contributed by atoms with E-state index in [-0.39, 0.29) is 18.2 Å². The summed E-state index contributed by atoms with van der Waals surface area (Å²) in [6.07, 6.45) is 1.07. The van der Waals surface area contributed by atoms with Crippen molar-refractivity contribution in [3.63, 3.8) is 0 Å². The standard InChI is InChI=1S/C19H26N4O2/c1-5-11-20-19(25)14(3)21-18(24)12-17-13(2)22-23(15(17)4)16-9-7-6-8-10-16/h6-10,14H,5,11-12H2,1-4H3,(H,20,25)(H,21,24)/t14-/m0/s1. The summed E-state index contributed by atoms with van der Waals surface area (Å²) in [6.45, 7) is 8.13. The van der Waals surface area contributed by atoms with Crippen molar-refractivity contribution >= 4 is 11.8 Å². The Kier molecular flexibility index (Phi) is 6.33. The van der Waals surface area contributed by atoms with Crippen LogP contribution < -0.4 is 10.6 Å². The molecule has 0 aliphatic carbocycles. The number of amides is 2. The topological polar surface area (TPSA) is 76.0 Å². The van der Waals surface area contributed by atoms with Crippen LogP contribution in [-0.4, -0.2) is 34.2 Å². The Bertz CT molecular complexity index is 737. The highest BCUT2D eigenvalue weighted by atomic mass is 16.2. The number of benzene rings is 1. The summed E-state index contributed by atoms with van der Waals surface area (Å²) in [7, 11) is 0. The van der Waals surface area contributed by atoms with E-state index in [2.05, 4.69) is 15.7 Å². The van der Waals surface area contributed by atoms with Crippen LogP contribution in [0.2, 0.25) is 0 Å². The first kappa shape index (κ1) is 18.7. The summed E-state index contributed by atoms with van der Waals surface area (Å²) >= 11 is 0. The maximum Gasteiger partial charge on any atom is 0.242 e. The number of carbonyl (C=O) groups is 2. The van der Waals surface area contributed by atoms with Gasteiger partial charge in [0.25, 0.3) is 0 Å². The van der Waals surface area contributed by atoms with Gasteiger partial charge >= 0.3 is 0 Å². The van der Waals surface area contributed by atoms with Gasteiger partial charge in [-0.15, -0.1) is 0 Å². The van der Waals surface area contributed by atoms with E-state index < -0.39 is 6.04 Å². The molecule has 2 aromatic rings. The SMILES string of the molecule is CCCNC(=O)[C@H](C)NC(=O)Cc1c(C)nn(-c2ccccc2)c1C. The van der Waals surface area contributed by atoms with Gasteiger partial charge in [-0.05, 0) is 39.3 Å². The molecule has 0 unspecified atom stereocenters. The Balaban J connectivity index is 2.06. The molecular weight excluding hydrogens is 316 g/mol. The normalized spacial score (nSPS) is 11.8. The zero-order valence-electron chi connectivity index (χ0n) is 15.3. The van der Waals surface area contributed by atoms with Gasteiger partial charge in [0.2, 0.25) is 11.8 Å². The fraction of sp³-hybridized carbons (Fsp3) is 0.421. The van der Waals surface area contributed by atoms with Gasteiger partial charge in [0.1, 0.15) is 6.04 Å². The highest BCUT2D eigenvalue weighted by molar-refractivity contribution is 5.88. The molecule has 1 atom stereocenters. The van der Waals surface area contributed by atoms with Crippen LogP contribution >= 0.6 is 0 Å². The minimum atomic E-state index is -0.552. The Morgan fingerprint density at radius 1 is 1.20 bits per heavy atom.